The highest BCUT2D eigenvalue weighted by Gasteiger charge is 2.34. The van der Waals surface area contributed by atoms with Crippen LogP contribution in [0.15, 0.2) is 18.2 Å². The summed E-state index contributed by atoms with van der Waals surface area (Å²) in [5, 5.41) is 1.20. The van der Waals surface area contributed by atoms with Gasteiger partial charge in [-0.05, 0) is 12.1 Å². The molecule has 2 nitrogen and oxygen atoms in total. The summed E-state index contributed by atoms with van der Waals surface area (Å²) in [5.74, 6) is 0. The van der Waals surface area contributed by atoms with Gasteiger partial charge in [-0.25, -0.2) is 0 Å². The largest absolute Gasteiger partial charge is 0.495 e. The molecule has 86 valence electrons. The van der Waals surface area contributed by atoms with Crippen LogP contribution in [-0.2, 0) is 9.31 Å². The quantitative estimate of drug-likeness (QED) is 0.722. The van der Waals surface area contributed by atoms with E-state index in [1.54, 1.807) is 12.1 Å². The molecule has 0 atom stereocenters. The Bertz CT molecular complexity index is 386. The van der Waals surface area contributed by atoms with E-state index < -0.39 is 0 Å². The normalized spacial score (nSPS) is 19.9. The van der Waals surface area contributed by atoms with Crippen molar-refractivity contribution in [3.8, 4) is 0 Å². The van der Waals surface area contributed by atoms with Crippen molar-refractivity contribution in [1.82, 2.24) is 0 Å². The lowest BCUT2D eigenvalue weighted by molar-refractivity contribution is 0.0343. The molecule has 0 unspecified atom stereocenters. The lowest BCUT2D eigenvalue weighted by Gasteiger charge is -2.33. The van der Waals surface area contributed by atoms with Crippen LogP contribution < -0.4 is 5.46 Å². The van der Waals surface area contributed by atoms with E-state index in [9.17, 15) is 0 Å². The minimum atomic E-state index is -0.377. The SMILES string of the molecule is CC1(C)COB(c2ccc(Cl)cc2Cl)OC1. The Labute approximate surface area is 106 Å². The first-order chi connectivity index (χ1) is 7.48. The zero-order valence-corrected chi connectivity index (χ0v) is 10.8. The molecule has 2 rings (SSSR count). The highest BCUT2D eigenvalue weighted by atomic mass is 35.5. The number of halogens is 2. The molecular weight excluding hydrogens is 246 g/mol. The van der Waals surface area contributed by atoms with Gasteiger partial charge in [-0.15, -0.1) is 0 Å². The van der Waals surface area contributed by atoms with Crippen molar-refractivity contribution in [2.75, 3.05) is 13.2 Å². The first-order valence-electron chi connectivity index (χ1n) is 5.16. The van der Waals surface area contributed by atoms with E-state index in [2.05, 4.69) is 13.8 Å². The highest BCUT2D eigenvalue weighted by molar-refractivity contribution is 6.65. The molecule has 1 aliphatic heterocycles. The van der Waals surface area contributed by atoms with E-state index in [0.29, 0.717) is 23.3 Å². The van der Waals surface area contributed by atoms with Crippen molar-refractivity contribution >= 4 is 35.8 Å². The van der Waals surface area contributed by atoms with E-state index in [1.165, 1.54) is 0 Å². The number of rotatable bonds is 1. The second kappa shape index (κ2) is 4.57. The second-order valence-corrected chi connectivity index (χ2v) is 5.63. The van der Waals surface area contributed by atoms with E-state index in [-0.39, 0.29) is 12.5 Å². The molecule has 0 amide bonds. The minimum Gasteiger partial charge on any atom is -0.407 e. The average molecular weight is 259 g/mol. The fourth-order valence-corrected chi connectivity index (χ4v) is 2.06. The summed E-state index contributed by atoms with van der Waals surface area (Å²) < 4.78 is 11.3. The lowest BCUT2D eigenvalue weighted by Crippen LogP contribution is -2.47. The summed E-state index contributed by atoms with van der Waals surface area (Å²) in [6.07, 6.45) is 0. The van der Waals surface area contributed by atoms with Gasteiger partial charge in [-0.1, -0.05) is 43.1 Å². The third kappa shape index (κ3) is 2.72. The third-order valence-electron chi connectivity index (χ3n) is 2.47. The summed E-state index contributed by atoms with van der Waals surface area (Å²) in [6.45, 7) is 5.53. The average Bonchev–Trinajstić information content (AvgIpc) is 2.19. The van der Waals surface area contributed by atoms with Gasteiger partial charge in [0.05, 0.1) is 0 Å². The number of hydrogen-bond donors (Lipinski definition) is 0. The molecule has 1 aromatic rings. The predicted molar refractivity (Wildman–Crippen MR) is 67.5 cm³/mol. The maximum atomic E-state index is 6.09. The molecule has 16 heavy (non-hydrogen) atoms. The molecule has 1 aliphatic rings. The van der Waals surface area contributed by atoms with E-state index in [0.717, 1.165) is 5.46 Å². The minimum absolute atomic E-state index is 0.0649. The molecule has 0 aromatic heterocycles. The molecule has 1 fully saturated rings. The maximum absolute atomic E-state index is 6.09. The van der Waals surface area contributed by atoms with Gasteiger partial charge >= 0.3 is 7.12 Å². The van der Waals surface area contributed by atoms with Crippen LogP contribution in [0.1, 0.15) is 13.8 Å². The molecule has 5 heteroatoms. The van der Waals surface area contributed by atoms with Crippen LogP contribution in [-0.4, -0.2) is 20.3 Å². The summed E-state index contributed by atoms with van der Waals surface area (Å²) in [4.78, 5) is 0. The van der Waals surface area contributed by atoms with Crippen LogP contribution in [0, 0.1) is 5.41 Å². The zero-order chi connectivity index (χ0) is 11.8. The van der Waals surface area contributed by atoms with Gasteiger partial charge in [-0.3, -0.25) is 0 Å². The van der Waals surface area contributed by atoms with Crippen LogP contribution in [0.2, 0.25) is 10.0 Å². The van der Waals surface area contributed by atoms with Crippen molar-refractivity contribution in [2.45, 2.75) is 13.8 Å². The van der Waals surface area contributed by atoms with E-state index >= 15 is 0 Å². The monoisotopic (exact) mass is 258 g/mol. The predicted octanol–water partition coefficient (Wildman–Crippen LogP) is 2.76. The van der Waals surface area contributed by atoms with Gasteiger partial charge in [0.15, 0.2) is 0 Å². The van der Waals surface area contributed by atoms with Gasteiger partial charge in [0.1, 0.15) is 0 Å². The Hall–Kier alpha value is -0.215. The Kier molecular flexibility index (Phi) is 3.50. The molecule has 0 N–H and O–H groups in total. The number of hydrogen-bond acceptors (Lipinski definition) is 2. The van der Waals surface area contributed by atoms with Crippen LogP contribution in [0.5, 0.6) is 0 Å². The van der Waals surface area contributed by atoms with Crippen LogP contribution in [0.3, 0.4) is 0 Å². The lowest BCUT2D eigenvalue weighted by atomic mass is 9.76. The fraction of sp³-hybridized carbons (Fsp3) is 0.455. The van der Waals surface area contributed by atoms with Gasteiger partial charge in [-0.2, -0.15) is 0 Å². The summed E-state index contributed by atoms with van der Waals surface area (Å²) in [5.41, 5.74) is 0.900. The highest BCUT2D eigenvalue weighted by Crippen LogP contribution is 2.23. The van der Waals surface area contributed by atoms with Gasteiger partial charge in [0, 0.05) is 34.1 Å². The van der Waals surface area contributed by atoms with Gasteiger partial charge in [0.25, 0.3) is 0 Å². The van der Waals surface area contributed by atoms with Crippen molar-refractivity contribution < 1.29 is 9.31 Å². The van der Waals surface area contributed by atoms with E-state index in [4.69, 9.17) is 32.5 Å². The maximum Gasteiger partial charge on any atom is 0.495 e. The van der Waals surface area contributed by atoms with Crippen LogP contribution in [0.25, 0.3) is 0 Å². The molecule has 1 saturated heterocycles. The molecule has 1 aromatic carbocycles. The van der Waals surface area contributed by atoms with Gasteiger partial charge in [0.2, 0.25) is 0 Å². The van der Waals surface area contributed by atoms with Crippen molar-refractivity contribution in [2.24, 2.45) is 5.41 Å². The Balaban J connectivity index is 2.14. The standard InChI is InChI=1S/C11H13BCl2O2/c1-11(2)6-15-12(16-7-11)9-4-3-8(13)5-10(9)14/h3-5H,6-7H2,1-2H3. The Morgan fingerprint density at radius 3 is 2.38 bits per heavy atom. The molecule has 0 bridgehead atoms. The topological polar surface area (TPSA) is 18.5 Å². The molecule has 0 saturated carbocycles. The third-order valence-corrected chi connectivity index (χ3v) is 3.03. The van der Waals surface area contributed by atoms with Crippen LogP contribution in [0.4, 0.5) is 0 Å². The zero-order valence-electron chi connectivity index (χ0n) is 9.30. The molecule has 1 heterocycles. The molecular formula is C11H13BCl2O2. The smallest absolute Gasteiger partial charge is 0.407 e. The first kappa shape index (κ1) is 12.2. The summed E-state index contributed by atoms with van der Waals surface area (Å²) in [6, 6.07) is 5.33. The number of benzene rings is 1. The van der Waals surface area contributed by atoms with Crippen LogP contribution >= 0.6 is 23.2 Å². The van der Waals surface area contributed by atoms with Crippen molar-refractivity contribution in [3.05, 3.63) is 28.2 Å². The van der Waals surface area contributed by atoms with E-state index in [1.807, 2.05) is 6.07 Å². The molecule has 0 aliphatic carbocycles. The second-order valence-electron chi connectivity index (χ2n) is 4.78. The molecule has 0 radical (unpaired) electrons. The summed E-state index contributed by atoms with van der Waals surface area (Å²) in [7, 11) is -0.377. The van der Waals surface area contributed by atoms with Crippen molar-refractivity contribution in [1.29, 1.82) is 0 Å². The Morgan fingerprint density at radius 1 is 1.19 bits per heavy atom. The first-order valence-corrected chi connectivity index (χ1v) is 5.92. The summed E-state index contributed by atoms with van der Waals surface area (Å²) >= 11 is 11.9. The molecule has 0 spiro atoms. The van der Waals surface area contributed by atoms with Gasteiger partial charge < -0.3 is 9.31 Å². The Morgan fingerprint density at radius 2 is 1.81 bits per heavy atom. The fourth-order valence-electron chi connectivity index (χ4n) is 1.56. The van der Waals surface area contributed by atoms with Crippen molar-refractivity contribution in [3.63, 3.8) is 0 Å².